The van der Waals surface area contributed by atoms with Gasteiger partial charge in [0.25, 0.3) is 5.91 Å². The van der Waals surface area contributed by atoms with Crippen LogP contribution in [-0.2, 0) is 0 Å². The molecule has 1 aliphatic heterocycles. The van der Waals surface area contributed by atoms with E-state index < -0.39 is 0 Å². The Hall–Kier alpha value is -0.000000000000000111. The van der Waals surface area contributed by atoms with Crippen molar-refractivity contribution in [3.05, 3.63) is 20.8 Å². The zero-order valence-corrected chi connectivity index (χ0v) is 11.6. The zero-order valence-electron chi connectivity index (χ0n) is 8.40. The van der Waals surface area contributed by atoms with Gasteiger partial charge in [0.05, 0.1) is 8.66 Å². The second-order valence-corrected chi connectivity index (χ2v) is 7.15. The normalized spacial score (nSPS) is 20.5. The van der Waals surface area contributed by atoms with Crippen LogP contribution in [0, 0.1) is 0 Å². The van der Waals surface area contributed by atoms with E-state index in [1.807, 2.05) is 35.8 Å². The molecule has 0 N–H and O–H groups in total. The Kier molecular flexibility index (Phi) is 3.74. The van der Waals surface area contributed by atoms with Crippen LogP contribution in [0.15, 0.2) is 15.9 Å². The minimum atomic E-state index is 0.151. The summed E-state index contributed by atoms with van der Waals surface area (Å²) in [6.45, 7) is 0. The van der Waals surface area contributed by atoms with Gasteiger partial charge in [0, 0.05) is 18.8 Å². The average molecular weight is 306 g/mol. The highest BCUT2D eigenvalue weighted by atomic mass is 79.9. The monoisotopic (exact) mass is 305 g/mol. The van der Waals surface area contributed by atoms with Crippen LogP contribution in [0.25, 0.3) is 0 Å². The maximum atomic E-state index is 12.1. The van der Waals surface area contributed by atoms with Crippen molar-refractivity contribution in [3.63, 3.8) is 0 Å². The molecule has 2 nitrogen and oxygen atoms in total. The fourth-order valence-corrected chi connectivity index (χ4v) is 4.23. The van der Waals surface area contributed by atoms with Crippen LogP contribution in [0.3, 0.4) is 0 Å². The van der Waals surface area contributed by atoms with Crippen LogP contribution in [0.4, 0.5) is 0 Å². The SMILES string of the molecule is CN(C(=O)c1ccc(Br)s1)C1CCSC1. The molecule has 1 saturated heterocycles. The highest BCUT2D eigenvalue weighted by molar-refractivity contribution is 9.11. The minimum absolute atomic E-state index is 0.151. The smallest absolute Gasteiger partial charge is 0.263 e. The van der Waals surface area contributed by atoms with Crippen LogP contribution in [0.1, 0.15) is 16.1 Å². The molecule has 0 saturated carbocycles. The molecule has 0 aliphatic carbocycles. The second kappa shape index (κ2) is 4.89. The van der Waals surface area contributed by atoms with Gasteiger partial charge in [0.2, 0.25) is 0 Å². The van der Waals surface area contributed by atoms with Gasteiger partial charge in [-0.1, -0.05) is 0 Å². The fraction of sp³-hybridized carbons (Fsp3) is 0.500. The summed E-state index contributed by atoms with van der Waals surface area (Å²) in [5.74, 6) is 2.41. The van der Waals surface area contributed by atoms with Crippen molar-refractivity contribution in [2.24, 2.45) is 0 Å². The number of thioether (sulfide) groups is 1. The lowest BCUT2D eigenvalue weighted by molar-refractivity contribution is 0.0753. The van der Waals surface area contributed by atoms with E-state index in [2.05, 4.69) is 15.9 Å². The summed E-state index contributed by atoms with van der Waals surface area (Å²) in [6, 6.07) is 4.23. The van der Waals surface area contributed by atoms with Crippen LogP contribution >= 0.6 is 39.0 Å². The van der Waals surface area contributed by atoms with E-state index in [9.17, 15) is 4.79 Å². The highest BCUT2D eigenvalue weighted by Gasteiger charge is 2.25. The summed E-state index contributed by atoms with van der Waals surface area (Å²) >= 11 is 6.81. The zero-order chi connectivity index (χ0) is 10.8. The standard InChI is InChI=1S/C10H12BrNOS2/c1-12(7-4-5-14-6-7)10(13)8-2-3-9(11)15-8/h2-3,7H,4-6H2,1H3. The lowest BCUT2D eigenvalue weighted by atomic mass is 10.2. The lowest BCUT2D eigenvalue weighted by Crippen LogP contribution is -2.36. The van der Waals surface area contributed by atoms with E-state index in [-0.39, 0.29) is 5.91 Å². The molecule has 1 atom stereocenters. The fourth-order valence-electron chi connectivity index (χ4n) is 1.60. The lowest BCUT2D eigenvalue weighted by Gasteiger charge is -2.22. The van der Waals surface area contributed by atoms with Gasteiger partial charge in [0.1, 0.15) is 0 Å². The molecule has 1 unspecified atom stereocenters. The number of hydrogen-bond acceptors (Lipinski definition) is 3. The number of nitrogens with zero attached hydrogens (tertiary/aromatic N) is 1. The van der Waals surface area contributed by atoms with Crippen molar-refractivity contribution in [2.75, 3.05) is 18.6 Å². The molecule has 1 aliphatic rings. The van der Waals surface area contributed by atoms with Crippen LogP contribution in [0.5, 0.6) is 0 Å². The predicted octanol–water partition coefficient (Wildman–Crippen LogP) is 3.09. The average Bonchev–Trinajstić information content (AvgIpc) is 2.85. The molecule has 82 valence electrons. The molecular weight excluding hydrogens is 294 g/mol. The number of rotatable bonds is 2. The molecule has 0 bridgehead atoms. The number of carbonyl (C=O) groups is 1. The van der Waals surface area contributed by atoms with Gasteiger partial charge in [-0.15, -0.1) is 11.3 Å². The minimum Gasteiger partial charge on any atom is -0.337 e. The molecule has 1 fully saturated rings. The maximum Gasteiger partial charge on any atom is 0.263 e. The summed E-state index contributed by atoms with van der Waals surface area (Å²) in [5, 5.41) is 0. The Morgan fingerprint density at radius 1 is 1.60 bits per heavy atom. The van der Waals surface area contributed by atoms with Crippen molar-refractivity contribution >= 4 is 44.9 Å². The summed E-state index contributed by atoms with van der Waals surface area (Å²) in [4.78, 5) is 14.8. The van der Waals surface area contributed by atoms with Gasteiger partial charge in [-0.3, -0.25) is 4.79 Å². The summed E-state index contributed by atoms with van der Waals surface area (Å²) in [6.07, 6.45) is 1.12. The number of hydrogen-bond donors (Lipinski definition) is 0. The molecule has 15 heavy (non-hydrogen) atoms. The first-order chi connectivity index (χ1) is 7.18. The molecule has 0 spiro atoms. The quantitative estimate of drug-likeness (QED) is 0.837. The molecule has 1 amide bonds. The van der Waals surface area contributed by atoms with Crippen molar-refractivity contribution in [1.82, 2.24) is 4.90 Å². The Balaban J connectivity index is 2.06. The van der Waals surface area contributed by atoms with E-state index >= 15 is 0 Å². The van der Waals surface area contributed by atoms with Crippen molar-refractivity contribution in [3.8, 4) is 0 Å². The highest BCUT2D eigenvalue weighted by Crippen LogP contribution is 2.26. The van der Waals surface area contributed by atoms with Gasteiger partial charge in [-0.05, 0) is 40.2 Å². The number of carbonyl (C=O) groups excluding carboxylic acids is 1. The number of thiophene rings is 1. The van der Waals surface area contributed by atoms with E-state index in [1.165, 1.54) is 17.1 Å². The molecule has 1 aromatic heterocycles. The molecule has 0 aromatic carbocycles. The summed E-state index contributed by atoms with van der Waals surface area (Å²) in [7, 11) is 1.91. The van der Waals surface area contributed by atoms with E-state index in [0.717, 1.165) is 20.8 Å². The molecule has 5 heteroatoms. The Morgan fingerprint density at radius 2 is 2.40 bits per heavy atom. The molecule has 1 aromatic rings. The number of halogens is 1. The third-order valence-corrected chi connectivity index (χ3v) is 5.31. The van der Waals surface area contributed by atoms with Crippen molar-refractivity contribution < 1.29 is 4.79 Å². The van der Waals surface area contributed by atoms with Gasteiger partial charge in [-0.25, -0.2) is 0 Å². The van der Waals surface area contributed by atoms with Gasteiger partial charge in [0.15, 0.2) is 0 Å². The van der Waals surface area contributed by atoms with Crippen LogP contribution in [-0.4, -0.2) is 35.4 Å². The van der Waals surface area contributed by atoms with Gasteiger partial charge >= 0.3 is 0 Å². The third kappa shape index (κ3) is 2.57. The van der Waals surface area contributed by atoms with Crippen molar-refractivity contribution in [1.29, 1.82) is 0 Å². The number of amides is 1. The Bertz CT molecular complexity index is 360. The van der Waals surface area contributed by atoms with Gasteiger partial charge in [-0.2, -0.15) is 11.8 Å². The van der Waals surface area contributed by atoms with E-state index in [4.69, 9.17) is 0 Å². The van der Waals surface area contributed by atoms with Gasteiger partial charge < -0.3 is 4.90 Å². The van der Waals surface area contributed by atoms with E-state index in [1.54, 1.807) is 0 Å². The summed E-state index contributed by atoms with van der Waals surface area (Å²) < 4.78 is 1.01. The third-order valence-electron chi connectivity index (χ3n) is 2.56. The van der Waals surface area contributed by atoms with Crippen LogP contribution < -0.4 is 0 Å². The molecule has 2 rings (SSSR count). The Labute approximate surface area is 106 Å². The van der Waals surface area contributed by atoms with Crippen LogP contribution in [0.2, 0.25) is 0 Å². The first kappa shape index (κ1) is 11.5. The molecule has 2 heterocycles. The first-order valence-corrected chi connectivity index (χ1v) is 7.55. The Morgan fingerprint density at radius 3 is 2.93 bits per heavy atom. The predicted molar refractivity (Wildman–Crippen MR) is 69.8 cm³/mol. The van der Waals surface area contributed by atoms with Crippen molar-refractivity contribution in [2.45, 2.75) is 12.5 Å². The largest absolute Gasteiger partial charge is 0.337 e. The van der Waals surface area contributed by atoms with E-state index in [0.29, 0.717) is 6.04 Å². The topological polar surface area (TPSA) is 20.3 Å². The summed E-state index contributed by atoms with van der Waals surface area (Å²) in [5.41, 5.74) is 0. The first-order valence-electron chi connectivity index (χ1n) is 4.78. The second-order valence-electron chi connectivity index (χ2n) is 3.54. The molecule has 0 radical (unpaired) electrons. The molecular formula is C10H12BrNOS2. The maximum absolute atomic E-state index is 12.1.